The Morgan fingerprint density at radius 1 is 1.24 bits per heavy atom. The van der Waals surface area contributed by atoms with Gasteiger partial charge in [0.1, 0.15) is 5.82 Å². The zero-order valence-electron chi connectivity index (χ0n) is 11.2. The molecule has 106 valence electrons. The van der Waals surface area contributed by atoms with Gasteiger partial charge >= 0.3 is 0 Å². The lowest BCUT2D eigenvalue weighted by molar-refractivity contribution is 0.0996. The van der Waals surface area contributed by atoms with Crippen LogP contribution < -0.4 is 5.32 Å². The summed E-state index contributed by atoms with van der Waals surface area (Å²) in [5.41, 5.74) is 1.66. The molecule has 21 heavy (non-hydrogen) atoms. The van der Waals surface area contributed by atoms with Crippen molar-refractivity contribution in [2.45, 2.75) is 6.92 Å². The Labute approximate surface area is 126 Å². The van der Waals surface area contributed by atoms with Gasteiger partial charge in [0.2, 0.25) is 0 Å². The predicted octanol–water partition coefficient (Wildman–Crippen LogP) is 3.68. The highest BCUT2D eigenvalue weighted by Gasteiger charge is 2.15. The summed E-state index contributed by atoms with van der Waals surface area (Å²) in [5.74, 6) is 0.341. The molecule has 6 heteroatoms. The van der Waals surface area contributed by atoms with Crippen molar-refractivity contribution < 1.29 is 9.21 Å². The maximum Gasteiger partial charge on any atom is 0.292 e. The summed E-state index contributed by atoms with van der Waals surface area (Å²) >= 11 is 5.67. The number of aromatic nitrogens is 2. The Kier molecular flexibility index (Phi) is 3.50. The fourth-order valence-corrected chi connectivity index (χ4v) is 2.11. The molecule has 2 aromatic heterocycles. The topological polar surface area (TPSA) is 60.1 Å². The second-order valence-electron chi connectivity index (χ2n) is 4.48. The molecule has 0 unspecified atom stereocenters. The van der Waals surface area contributed by atoms with Gasteiger partial charge in [0, 0.05) is 6.07 Å². The van der Waals surface area contributed by atoms with Crippen LogP contribution in [0, 0.1) is 6.92 Å². The molecule has 0 atom stereocenters. The van der Waals surface area contributed by atoms with Crippen LogP contribution in [0.5, 0.6) is 0 Å². The highest BCUT2D eigenvalue weighted by atomic mass is 35.5. The molecule has 1 N–H and O–H groups in total. The van der Waals surface area contributed by atoms with Gasteiger partial charge in [-0.1, -0.05) is 18.2 Å². The summed E-state index contributed by atoms with van der Waals surface area (Å²) in [5, 5.41) is 7.32. The Balaban J connectivity index is 1.91. The Morgan fingerprint density at radius 2 is 2.00 bits per heavy atom. The van der Waals surface area contributed by atoms with E-state index < -0.39 is 0 Å². The molecule has 3 aromatic rings. The van der Waals surface area contributed by atoms with E-state index in [2.05, 4.69) is 10.4 Å². The first-order valence-electron chi connectivity index (χ1n) is 6.32. The van der Waals surface area contributed by atoms with Gasteiger partial charge in [-0.3, -0.25) is 4.79 Å². The zero-order valence-corrected chi connectivity index (χ0v) is 12.0. The Hall–Kier alpha value is -2.53. The number of aryl methyl sites for hydroxylation is 1. The smallest absolute Gasteiger partial charge is 0.292 e. The molecule has 1 amide bonds. The second kappa shape index (κ2) is 5.46. The van der Waals surface area contributed by atoms with E-state index >= 15 is 0 Å². The number of carbonyl (C=O) groups is 1. The third kappa shape index (κ3) is 2.83. The van der Waals surface area contributed by atoms with Crippen molar-refractivity contribution in [2.24, 2.45) is 0 Å². The van der Waals surface area contributed by atoms with Crippen LogP contribution >= 0.6 is 11.6 Å². The molecule has 0 aliphatic heterocycles. The summed E-state index contributed by atoms with van der Waals surface area (Å²) in [7, 11) is 0. The van der Waals surface area contributed by atoms with Crippen molar-refractivity contribution in [1.82, 2.24) is 9.78 Å². The van der Waals surface area contributed by atoms with E-state index in [1.807, 2.05) is 37.3 Å². The van der Waals surface area contributed by atoms with E-state index in [-0.39, 0.29) is 16.9 Å². The summed E-state index contributed by atoms with van der Waals surface area (Å²) in [6.45, 7) is 1.86. The summed E-state index contributed by atoms with van der Waals surface area (Å²) in [6.07, 6.45) is 0. The van der Waals surface area contributed by atoms with E-state index in [4.69, 9.17) is 16.0 Å². The molecule has 0 fully saturated rings. The van der Waals surface area contributed by atoms with Gasteiger partial charge < -0.3 is 9.73 Å². The maximum atomic E-state index is 12.1. The lowest BCUT2D eigenvalue weighted by atomic mass is 10.3. The van der Waals surface area contributed by atoms with Crippen LogP contribution in [-0.2, 0) is 0 Å². The first kappa shape index (κ1) is 13.5. The number of para-hydroxylation sites is 1. The molecular weight excluding hydrogens is 290 g/mol. The van der Waals surface area contributed by atoms with E-state index in [1.54, 1.807) is 10.7 Å². The summed E-state index contributed by atoms with van der Waals surface area (Å²) < 4.78 is 6.76. The number of hydrogen-bond donors (Lipinski definition) is 1. The minimum atomic E-state index is -0.376. The van der Waals surface area contributed by atoms with Crippen molar-refractivity contribution in [3.05, 3.63) is 65.2 Å². The number of halogens is 1. The van der Waals surface area contributed by atoms with Gasteiger partial charge in [-0.05, 0) is 42.8 Å². The van der Waals surface area contributed by atoms with E-state index in [1.165, 1.54) is 12.1 Å². The fourth-order valence-electron chi connectivity index (χ4n) is 1.97. The average Bonchev–Trinajstić information content (AvgIpc) is 3.06. The van der Waals surface area contributed by atoms with E-state index in [0.29, 0.717) is 5.82 Å². The van der Waals surface area contributed by atoms with Crippen molar-refractivity contribution in [2.75, 3.05) is 5.32 Å². The molecule has 3 rings (SSSR count). The molecule has 5 nitrogen and oxygen atoms in total. The molecule has 1 aromatic carbocycles. The van der Waals surface area contributed by atoms with Crippen molar-refractivity contribution >= 4 is 23.3 Å². The fraction of sp³-hybridized carbons (Fsp3) is 0.0667. The summed E-state index contributed by atoms with van der Waals surface area (Å²) in [6, 6.07) is 14.4. The first-order chi connectivity index (χ1) is 10.1. The molecule has 0 radical (unpaired) electrons. The average molecular weight is 302 g/mol. The van der Waals surface area contributed by atoms with Gasteiger partial charge in [0.05, 0.1) is 11.4 Å². The van der Waals surface area contributed by atoms with Crippen LogP contribution in [0.2, 0.25) is 5.22 Å². The number of benzene rings is 1. The number of nitrogens with zero attached hydrogens (tertiary/aromatic N) is 2. The van der Waals surface area contributed by atoms with Gasteiger partial charge in [0.25, 0.3) is 5.91 Å². The zero-order chi connectivity index (χ0) is 14.8. The number of amides is 1. The normalized spacial score (nSPS) is 10.6. The number of anilines is 1. The van der Waals surface area contributed by atoms with E-state index in [9.17, 15) is 4.79 Å². The number of carbonyl (C=O) groups excluding carboxylic acids is 1. The first-order valence-corrected chi connectivity index (χ1v) is 6.70. The quantitative estimate of drug-likeness (QED) is 0.803. The lowest BCUT2D eigenvalue weighted by Crippen LogP contribution is -2.14. The van der Waals surface area contributed by atoms with Crippen LogP contribution in [0.1, 0.15) is 16.2 Å². The largest absolute Gasteiger partial charge is 0.440 e. The van der Waals surface area contributed by atoms with Gasteiger partial charge in [-0.15, -0.1) is 0 Å². The van der Waals surface area contributed by atoms with Crippen LogP contribution in [-0.4, -0.2) is 15.7 Å². The lowest BCUT2D eigenvalue weighted by Gasteiger charge is -2.07. The van der Waals surface area contributed by atoms with Crippen molar-refractivity contribution in [3.63, 3.8) is 0 Å². The van der Waals surface area contributed by atoms with Crippen LogP contribution in [0.3, 0.4) is 0 Å². The second-order valence-corrected chi connectivity index (χ2v) is 4.85. The molecule has 0 aliphatic carbocycles. The summed E-state index contributed by atoms with van der Waals surface area (Å²) in [4.78, 5) is 12.1. The van der Waals surface area contributed by atoms with Gasteiger partial charge in [-0.25, -0.2) is 4.68 Å². The Morgan fingerprint density at radius 3 is 2.67 bits per heavy atom. The minimum absolute atomic E-state index is 0.151. The highest BCUT2D eigenvalue weighted by Crippen LogP contribution is 2.19. The third-order valence-electron chi connectivity index (χ3n) is 2.87. The molecule has 0 saturated heterocycles. The van der Waals surface area contributed by atoms with Gasteiger partial charge in [-0.2, -0.15) is 5.10 Å². The standard InChI is InChI=1S/C15H12ClN3O2/c1-10-9-14(17-15(20)12-7-8-13(16)21-12)19(18-10)11-5-3-2-4-6-11/h2-9H,1H3,(H,17,20). The number of hydrogen-bond acceptors (Lipinski definition) is 3. The predicted molar refractivity (Wildman–Crippen MR) is 80.0 cm³/mol. The SMILES string of the molecule is Cc1cc(NC(=O)c2ccc(Cl)o2)n(-c2ccccc2)n1. The van der Waals surface area contributed by atoms with Crippen LogP contribution in [0.15, 0.2) is 52.9 Å². The highest BCUT2D eigenvalue weighted by molar-refractivity contribution is 6.29. The molecular formula is C15H12ClN3O2. The van der Waals surface area contributed by atoms with Crippen molar-refractivity contribution in [3.8, 4) is 5.69 Å². The number of nitrogens with one attached hydrogen (secondary N) is 1. The third-order valence-corrected chi connectivity index (χ3v) is 3.07. The minimum Gasteiger partial charge on any atom is -0.440 e. The van der Waals surface area contributed by atoms with Gasteiger partial charge in [0.15, 0.2) is 11.0 Å². The van der Waals surface area contributed by atoms with Crippen molar-refractivity contribution in [1.29, 1.82) is 0 Å². The molecule has 0 spiro atoms. The molecule has 0 saturated carbocycles. The van der Waals surface area contributed by atoms with Crippen LogP contribution in [0.4, 0.5) is 5.82 Å². The Bertz CT molecular complexity index is 777. The van der Waals surface area contributed by atoms with E-state index in [0.717, 1.165) is 11.4 Å². The molecule has 0 aliphatic rings. The monoisotopic (exact) mass is 301 g/mol. The number of rotatable bonds is 3. The molecule has 0 bridgehead atoms. The maximum absolute atomic E-state index is 12.1. The van der Waals surface area contributed by atoms with Crippen LogP contribution in [0.25, 0.3) is 5.69 Å². The molecule has 2 heterocycles. The number of furan rings is 1.